The smallest absolute Gasteiger partial charge is 0.120 e. The largest absolute Gasteiger partial charge is 0.494 e. The van der Waals surface area contributed by atoms with Gasteiger partial charge in [0.2, 0.25) is 0 Å². The van der Waals surface area contributed by atoms with Crippen LogP contribution in [0.4, 0.5) is 0 Å². The second kappa shape index (κ2) is 6.41. The zero-order chi connectivity index (χ0) is 14.8. The zero-order valence-electron chi connectivity index (χ0n) is 12.0. The Balaban J connectivity index is 1.79. The molecule has 21 heavy (non-hydrogen) atoms. The monoisotopic (exact) mass is 364 g/mol. The summed E-state index contributed by atoms with van der Waals surface area (Å²) in [6, 6.07) is 14.7. The highest BCUT2D eigenvalue weighted by Crippen LogP contribution is 2.42. The van der Waals surface area contributed by atoms with E-state index in [0.29, 0.717) is 12.5 Å². The molecule has 0 saturated heterocycles. The lowest BCUT2D eigenvalue weighted by molar-refractivity contribution is 0.340. The molecular formula is C18H18BrClO. The van der Waals surface area contributed by atoms with Crippen molar-refractivity contribution in [3.63, 3.8) is 0 Å². The summed E-state index contributed by atoms with van der Waals surface area (Å²) >= 11 is 10.4. The van der Waals surface area contributed by atoms with Crippen molar-refractivity contribution in [1.82, 2.24) is 0 Å². The molecule has 1 aliphatic rings. The van der Waals surface area contributed by atoms with E-state index in [2.05, 4.69) is 46.3 Å². The molecule has 1 nitrogen and oxygen atoms in total. The summed E-state index contributed by atoms with van der Waals surface area (Å²) in [6.45, 7) is 2.66. The van der Waals surface area contributed by atoms with Gasteiger partial charge in [0.25, 0.3) is 0 Å². The molecule has 3 heteroatoms. The van der Waals surface area contributed by atoms with Crippen LogP contribution in [0.15, 0.2) is 46.9 Å². The summed E-state index contributed by atoms with van der Waals surface area (Å²) in [5.74, 6) is 1.34. The average Bonchev–Trinajstić information content (AvgIpc) is 2.91. The van der Waals surface area contributed by atoms with Crippen molar-refractivity contribution in [2.24, 2.45) is 5.92 Å². The first-order valence-corrected chi connectivity index (χ1v) is 8.55. The average molecular weight is 366 g/mol. The van der Waals surface area contributed by atoms with Crippen LogP contribution in [0.5, 0.6) is 5.75 Å². The van der Waals surface area contributed by atoms with Crippen LogP contribution in [-0.4, -0.2) is 6.61 Å². The van der Waals surface area contributed by atoms with Crippen LogP contribution < -0.4 is 4.74 Å². The van der Waals surface area contributed by atoms with E-state index in [1.165, 1.54) is 11.1 Å². The Bertz CT molecular complexity index is 616. The molecule has 2 aromatic rings. The molecule has 2 aromatic carbocycles. The van der Waals surface area contributed by atoms with Gasteiger partial charge in [0.05, 0.1) is 12.0 Å². The third kappa shape index (κ3) is 3.12. The fraction of sp³-hybridized carbons (Fsp3) is 0.333. The van der Waals surface area contributed by atoms with Crippen molar-refractivity contribution in [3.05, 3.63) is 63.6 Å². The summed E-state index contributed by atoms with van der Waals surface area (Å²) in [4.78, 5) is 0. The van der Waals surface area contributed by atoms with E-state index in [0.717, 1.165) is 28.6 Å². The Labute approximate surface area is 139 Å². The molecule has 1 aliphatic carbocycles. The molecule has 1 atom stereocenters. The van der Waals surface area contributed by atoms with Crippen molar-refractivity contribution in [3.8, 4) is 5.75 Å². The lowest BCUT2D eigenvalue weighted by atomic mass is 9.96. The van der Waals surface area contributed by atoms with E-state index in [9.17, 15) is 0 Å². The highest BCUT2D eigenvalue weighted by molar-refractivity contribution is 9.10. The number of ether oxygens (including phenoxy) is 1. The minimum atomic E-state index is 0.0162. The van der Waals surface area contributed by atoms with Gasteiger partial charge in [-0.05, 0) is 54.5 Å². The summed E-state index contributed by atoms with van der Waals surface area (Å²) in [6.07, 6.45) is 2.12. The van der Waals surface area contributed by atoms with Gasteiger partial charge >= 0.3 is 0 Å². The lowest BCUT2D eigenvalue weighted by Crippen LogP contribution is -2.09. The van der Waals surface area contributed by atoms with Gasteiger partial charge in [0.15, 0.2) is 0 Å². The van der Waals surface area contributed by atoms with Gasteiger partial charge < -0.3 is 4.74 Å². The number of halogens is 2. The molecule has 0 amide bonds. The van der Waals surface area contributed by atoms with Gasteiger partial charge in [0, 0.05) is 4.47 Å². The normalized spacial score (nSPS) is 15.8. The van der Waals surface area contributed by atoms with Gasteiger partial charge in [-0.3, -0.25) is 0 Å². The third-order valence-electron chi connectivity index (χ3n) is 4.08. The number of benzene rings is 2. The highest BCUT2D eigenvalue weighted by atomic mass is 79.9. The minimum absolute atomic E-state index is 0.0162. The summed E-state index contributed by atoms with van der Waals surface area (Å²) in [5.41, 5.74) is 4.03. The number of hydrogen-bond acceptors (Lipinski definition) is 1. The molecule has 0 bridgehead atoms. The summed E-state index contributed by atoms with van der Waals surface area (Å²) in [5, 5.41) is 0.0162. The van der Waals surface area contributed by atoms with Crippen LogP contribution >= 0.6 is 27.5 Å². The number of hydrogen-bond donors (Lipinski definition) is 0. The minimum Gasteiger partial charge on any atom is -0.494 e. The van der Waals surface area contributed by atoms with E-state index in [4.69, 9.17) is 16.3 Å². The number of rotatable bonds is 4. The maximum Gasteiger partial charge on any atom is 0.120 e. The van der Waals surface area contributed by atoms with Crippen LogP contribution in [0.1, 0.15) is 29.0 Å². The molecule has 110 valence electrons. The standard InChI is InChI=1S/C18H18BrClO/c1-2-21-15-7-8-16(17(19)11-15)18(20)14-9-12-5-3-4-6-13(12)10-14/h3-8,11,14,18H,2,9-10H2,1H3. The lowest BCUT2D eigenvalue weighted by Gasteiger charge is -2.19. The second-order valence-corrected chi connectivity index (χ2v) is 6.78. The Hall–Kier alpha value is -0.990. The predicted octanol–water partition coefficient (Wildman–Crippen LogP) is 5.54. The summed E-state index contributed by atoms with van der Waals surface area (Å²) < 4.78 is 6.56. The molecular weight excluding hydrogens is 348 g/mol. The SMILES string of the molecule is CCOc1ccc(C(Cl)C2Cc3ccccc3C2)c(Br)c1. The third-order valence-corrected chi connectivity index (χ3v) is 5.35. The Kier molecular flexibility index (Phi) is 4.56. The van der Waals surface area contributed by atoms with Gasteiger partial charge in [-0.1, -0.05) is 46.3 Å². The second-order valence-electron chi connectivity index (χ2n) is 5.46. The van der Waals surface area contributed by atoms with Gasteiger partial charge in [-0.25, -0.2) is 0 Å². The van der Waals surface area contributed by atoms with Crippen molar-refractivity contribution in [2.45, 2.75) is 25.1 Å². The molecule has 0 radical (unpaired) electrons. The van der Waals surface area contributed by atoms with Crippen LogP contribution in [0.3, 0.4) is 0 Å². The molecule has 0 aromatic heterocycles. The molecule has 1 unspecified atom stereocenters. The molecule has 0 spiro atoms. The first-order valence-electron chi connectivity index (χ1n) is 7.32. The fourth-order valence-corrected chi connectivity index (χ4v) is 4.15. The van der Waals surface area contributed by atoms with Crippen molar-refractivity contribution in [1.29, 1.82) is 0 Å². The maximum atomic E-state index is 6.77. The van der Waals surface area contributed by atoms with Gasteiger partial charge in [-0.2, -0.15) is 0 Å². The Morgan fingerprint density at radius 3 is 2.43 bits per heavy atom. The molecule has 3 rings (SSSR count). The number of fused-ring (bicyclic) bond motifs is 1. The highest BCUT2D eigenvalue weighted by Gasteiger charge is 2.29. The molecule has 0 fully saturated rings. The molecule has 0 saturated carbocycles. The van der Waals surface area contributed by atoms with Crippen molar-refractivity contribution < 1.29 is 4.74 Å². The topological polar surface area (TPSA) is 9.23 Å². The Morgan fingerprint density at radius 2 is 1.86 bits per heavy atom. The van der Waals surface area contributed by atoms with Crippen LogP contribution in [0.2, 0.25) is 0 Å². The zero-order valence-corrected chi connectivity index (χ0v) is 14.3. The van der Waals surface area contributed by atoms with Crippen LogP contribution in [0.25, 0.3) is 0 Å². The number of alkyl halides is 1. The van der Waals surface area contributed by atoms with Crippen molar-refractivity contribution >= 4 is 27.5 Å². The summed E-state index contributed by atoms with van der Waals surface area (Å²) in [7, 11) is 0. The molecule has 0 heterocycles. The molecule has 0 N–H and O–H groups in total. The van der Waals surface area contributed by atoms with Crippen LogP contribution in [-0.2, 0) is 12.8 Å². The van der Waals surface area contributed by atoms with E-state index < -0.39 is 0 Å². The van der Waals surface area contributed by atoms with Crippen LogP contribution in [0, 0.1) is 5.92 Å². The fourth-order valence-electron chi connectivity index (χ4n) is 3.04. The van der Waals surface area contributed by atoms with E-state index >= 15 is 0 Å². The van der Waals surface area contributed by atoms with E-state index in [1.807, 2.05) is 19.1 Å². The van der Waals surface area contributed by atoms with Crippen molar-refractivity contribution in [2.75, 3.05) is 6.61 Å². The maximum absolute atomic E-state index is 6.77. The first-order chi connectivity index (χ1) is 10.2. The quantitative estimate of drug-likeness (QED) is 0.646. The predicted molar refractivity (Wildman–Crippen MR) is 91.2 cm³/mol. The first kappa shape index (κ1) is 14.9. The van der Waals surface area contributed by atoms with E-state index in [-0.39, 0.29) is 5.38 Å². The van der Waals surface area contributed by atoms with Gasteiger partial charge in [0.1, 0.15) is 5.75 Å². The van der Waals surface area contributed by atoms with Gasteiger partial charge in [-0.15, -0.1) is 11.6 Å². The van der Waals surface area contributed by atoms with E-state index in [1.54, 1.807) is 0 Å². The molecule has 0 aliphatic heterocycles. The Morgan fingerprint density at radius 1 is 1.19 bits per heavy atom.